The van der Waals surface area contributed by atoms with Crippen LogP contribution in [0.2, 0.25) is 5.02 Å². The first kappa shape index (κ1) is 26.2. The van der Waals surface area contributed by atoms with Crippen molar-refractivity contribution in [1.82, 2.24) is 14.8 Å². The van der Waals surface area contributed by atoms with E-state index in [1.165, 1.54) is 59.0 Å². The topological polar surface area (TPSA) is 92.8 Å². The summed E-state index contributed by atoms with van der Waals surface area (Å²) < 4.78 is 20.9. The number of anilines is 1. The largest absolute Gasteiger partial charge is 0.486 e. The van der Waals surface area contributed by atoms with Crippen molar-refractivity contribution in [2.75, 3.05) is 11.1 Å². The van der Waals surface area contributed by atoms with Crippen LogP contribution in [-0.2, 0) is 30.8 Å². The number of hydrogen-bond donors (Lipinski definition) is 1. The summed E-state index contributed by atoms with van der Waals surface area (Å²) in [5.74, 6) is 0.311. The fourth-order valence-corrected chi connectivity index (χ4v) is 6.17. The molecule has 1 aromatic carbocycles. The third-order valence-electron chi connectivity index (χ3n) is 5.73. The van der Waals surface area contributed by atoms with Gasteiger partial charge >= 0.3 is 0 Å². The highest BCUT2D eigenvalue weighted by Gasteiger charge is 2.21. The van der Waals surface area contributed by atoms with E-state index in [1.807, 2.05) is 0 Å². The number of carbonyl (C=O) groups excluding carboxylic acids is 1. The van der Waals surface area contributed by atoms with Gasteiger partial charge in [-0.2, -0.15) is 5.26 Å². The first-order valence-electron chi connectivity index (χ1n) is 11.6. The number of aryl methyl sites for hydroxylation is 1. The predicted octanol–water partition coefficient (Wildman–Crippen LogP) is 6.16. The Hall–Kier alpha value is -2.87. The maximum Gasteiger partial charge on any atom is 0.235 e. The molecular formula is C25H25ClFN5O2S2. The fourth-order valence-electron chi connectivity index (χ4n) is 3.98. The molecule has 0 aliphatic heterocycles. The van der Waals surface area contributed by atoms with Gasteiger partial charge in [-0.25, -0.2) is 4.39 Å². The van der Waals surface area contributed by atoms with Crippen molar-refractivity contribution in [3.63, 3.8) is 0 Å². The molecule has 0 unspecified atom stereocenters. The van der Waals surface area contributed by atoms with Gasteiger partial charge in [0, 0.05) is 17.5 Å². The van der Waals surface area contributed by atoms with Crippen LogP contribution in [0, 0.1) is 17.1 Å². The zero-order chi connectivity index (χ0) is 25.5. The summed E-state index contributed by atoms with van der Waals surface area (Å²) in [6.45, 7) is 4.29. The highest BCUT2D eigenvalue weighted by molar-refractivity contribution is 7.99. The molecule has 0 saturated carbocycles. The number of hydrogen-bond acceptors (Lipinski definition) is 7. The highest BCUT2D eigenvalue weighted by Crippen LogP contribution is 2.36. The maximum absolute atomic E-state index is 13.4. The normalized spacial score (nSPS) is 13.2. The van der Waals surface area contributed by atoms with Gasteiger partial charge in [0.2, 0.25) is 5.91 Å². The molecule has 0 saturated heterocycles. The lowest BCUT2D eigenvalue weighted by atomic mass is 9.97. The van der Waals surface area contributed by atoms with E-state index in [9.17, 15) is 14.4 Å². The Labute approximate surface area is 222 Å². The van der Waals surface area contributed by atoms with Gasteiger partial charge in [0.1, 0.15) is 29.2 Å². The molecule has 11 heteroatoms. The number of carbonyl (C=O) groups is 1. The van der Waals surface area contributed by atoms with E-state index in [1.54, 1.807) is 10.6 Å². The number of amides is 1. The molecule has 1 amide bonds. The van der Waals surface area contributed by atoms with Crippen LogP contribution < -0.4 is 10.1 Å². The van der Waals surface area contributed by atoms with Crippen LogP contribution in [0.5, 0.6) is 5.75 Å². The van der Waals surface area contributed by atoms with E-state index < -0.39 is 5.82 Å². The molecule has 3 aromatic rings. The van der Waals surface area contributed by atoms with E-state index in [4.69, 9.17) is 16.3 Å². The van der Waals surface area contributed by atoms with Crippen molar-refractivity contribution in [3.05, 3.63) is 63.5 Å². The minimum atomic E-state index is -0.522. The van der Waals surface area contributed by atoms with Gasteiger partial charge < -0.3 is 10.1 Å². The Kier molecular flexibility index (Phi) is 9.02. The van der Waals surface area contributed by atoms with E-state index in [2.05, 4.69) is 28.2 Å². The molecule has 0 fully saturated rings. The third-order valence-corrected chi connectivity index (χ3v) is 8.20. The summed E-state index contributed by atoms with van der Waals surface area (Å²) in [5.41, 5.74) is 1.70. The summed E-state index contributed by atoms with van der Waals surface area (Å²) in [6.07, 6.45) is 8.11. The van der Waals surface area contributed by atoms with E-state index >= 15 is 0 Å². The van der Waals surface area contributed by atoms with Gasteiger partial charge in [0.05, 0.1) is 16.3 Å². The molecular weight excluding hydrogens is 521 g/mol. The zero-order valence-electron chi connectivity index (χ0n) is 19.6. The number of ether oxygens (including phenoxy) is 1. The Balaban J connectivity index is 1.40. The quantitative estimate of drug-likeness (QED) is 0.256. The number of aromatic nitrogens is 3. The van der Waals surface area contributed by atoms with Crippen LogP contribution in [0.15, 0.2) is 36.0 Å². The SMILES string of the molecule is C=CCn1c(COc2ccc(F)c(Cl)c2)nnc1SCC(=O)Nc1sc2c(c1C#N)CCCCCC2. The number of nitrogens with one attached hydrogen (secondary N) is 1. The maximum atomic E-state index is 13.4. The minimum absolute atomic E-state index is 0.0282. The van der Waals surface area contributed by atoms with E-state index in [0.29, 0.717) is 33.8 Å². The van der Waals surface area contributed by atoms with Crippen LogP contribution in [0.4, 0.5) is 9.39 Å². The standard InChI is InChI=1S/C25H25ClFN5O2S2/c1-2-11-32-22(14-34-16-9-10-20(27)19(26)12-16)30-31-25(32)35-15-23(33)29-24-18(13-28)17-7-5-3-4-6-8-21(17)36-24/h2,9-10,12H,1,3-8,11,14-15H2,(H,29,33). The van der Waals surface area contributed by atoms with Crippen LogP contribution in [0.3, 0.4) is 0 Å². The average molecular weight is 546 g/mol. The molecule has 0 bridgehead atoms. The summed E-state index contributed by atoms with van der Waals surface area (Å²) in [4.78, 5) is 14.0. The summed E-state index contributed by atoms with van der Waals surface area (Å²) >= 11 is 8.58. The summed E-state index contributed by atoms with van der Waals surface area (Å²) in [6, 6.07) is 6.41. The molecule has 0 atom stereocenters. The van der Waals surface area contributed by atoms with Gasteiger partial charge in [-0.15, -0.1) is 28.1 Å². The van der Waals surface area contributed by atoms with Crippen LogP contribution in [-0.4, -0.2) is 26.4 Å². The molecule has 2 heterocycles. The lowest BCUT2D eigenvalue weighted by molar-refractivity contribution is -0.113. The Bertz CT molecular complexity index is 1300. The molecule has 4 rings (SSSR count). The highest BCUT2D eigenvalue weighted by atomic mass is 35.5. The van der Waals surface area contributed by atoms with Gasteiger partial charge in [0.15, 0.2) is 11.0 Å². The van der Waals surface area contributed by atoms with Gasteiger partial charge in [0.25, 0.3) is 0 Å². The average Bonchev–Trinajstić information content (AvgIpc) is 3.38. The molecule has 0 radical (unpaired) electrons. The van der Waals surface area contributed by atoms with Crippen molar-refractivity contribution < 1.29 is 13.9 Å². The second-order valence-electron chi connectivity index (χ2n) is 8.23. The number of nitrogens with zero attached hydrogens (tertiary/aromatic N) is 4. The molecule has 1 N–H and O–H groups in total. The number of allylic oxidation sites excluding steroid dienone is 1. The van der Waals surface area contributed by atoms with Crippen LogP contribution in [0.25, 0.3) is 0 Å². The summed E-state index contributed by atoms with van der Waals surface area (Å²) in [7, 11) is 0. The molecule has 7 nitrogen and oxygen atoms in total. The number of halogens is 2. The number of nitriles is 1. The monoisotopic (exact) mass is 545 g/mol. The first-order valence-corrected chi connectivity index (χ1v) is 13.8. The number of thiophene rings is 1. The van der Waals surface area contributed by atoms with Crippen LogP contribution >= 0.6 is 34.7 Å². The number of rotatable bonds is 9. The predicted molar refractivity (Wildman–Crippen MR) is 140 cm³/mol. The van der Waals surface area contributed by atoms with Crippen molar-refractivity contribution in [1.29, 1.82) is 5.26 Å². The number of benzene rings is 1. The smallest absolute Gasteiger partial charge is 0.235 e. The van der Waals surface area contributed by atoms with E-state index in [-0.39, 0.29) is 23.3 Å². The Morgan fingerprint density at radius 1 is 1.33 bits per heavy atom. The first-order chi connectivity index (χ1) is 17.5. The van der Waals surface area contributed by atoms with Crippen molar-refractivity contribution in [3.8, 4) is 11.8 Å². The fraction of sp³-hybridized carbons (Fsp3) is 0.360. The Morgan fingerprint density at radius 2 is 2.14 bits per heavy atom. The zero-order valence-corrected chi connectivity index (χ0v) is 21.9. The van der Waals surface area contributed by atoms with Gasteiger partial charge in [-0.3, -0.25) is 9.36 Å². The third kappa shape index (κ3) is 6.27. The number of thioether (sulfide) groups is 1. The minimum Gasteiger partial charge on any atom is -0.486 e. The second-order valence-corrected chi connectivity index (χ2v) is 10.7. The molecule has 36 heavy (non-hydrogen) atoms. The van der Waals surface area contributed by atoms with Crippen molar-refractivity contribution in [2.24, 2.45) is 0 Å². The Morgan fingerprint density at radius 3 is 2.89 bits per heavy atom. The second kappa shape index (κ2) is 12.4. The van der Waals surface area contributed by atoms with Crippen molar-refractivity contribution >= 4 is 45.6 Å². The molecule has 2 aromatic heterocycles. The van der Waals surface area contributed by atoms with E-state index in [0.717, 1.165) is 31.2 Å². The van der Waals surface area contributed by atoms with Crippen LogP contribution in [0.1, 0.15) is 47.5 Å². The van der Waals surface area contributed by atoms with Crippen molar-refractivity contribution in [2.45, 2.75) is 56.8 Å². The molecule has 0 spiro atoms. The molecule has 188 valence electrons. The lowest BCUT2D eigenvalue weighted by Gasteiger charge is -2.09. The summed E-state index contributed by atoms with van der Waals surface area (Å²) in [5, 5.41) is 22.2. The van der Waals surface area contributed by atoms with Gasteiger partial charge in [-0.05, 0) is 43.4 Å². The van der Waals surface area contributed by atoms with Gasteiger partial charge in [-0.1, -0.05) is 42.3 Å². The molecule has 1 aliphatic rings. The lowest BCUT2D eigenvalue weighted by Crippen LogP contribution is -2.15. The molecule has 1 aliphatic carbocycles. The number of fused-ring (bicyclic) bond motifs is 1.